The molecule has 1 atom stereocenters. The molecule has 1 N–H and O–H groups in total. The van der Waals surface area contributed by atoms with Crippen LogP contribution in [0, 0.1) is 0 Å². The van der Waals surface area contributed by atoms with E-state index in [1.807, 2.05) is 4.90 Å². The number of hydrogen-bond acceptors (Lipinski definition) is 6. The average Bonchev–Trinajstić information content (AvgIpc) is 3.02. The Morgan fingerprint density at radius 3 is 2.60 bits per heavy atom. The van der Waals surface area contributed by atoms with Crippen LogP contribution in [0.25, 0.3) is 0 Å². The van der Waals surface area contributed by atoms with Gasteiger partial charge in [-0.3, -0.25) is 9.69 Å². The number of carboxylic acid groups (broad SMARTS) is 1. The highest BCUT2D eigenvalue weighted by molar-refractivity contribution is 5.77. The molecule has 2 aromatic rings. The first-order valence-electron chi connectivity index (χ1n) is 10.7. The fourth-order valence-electron chi connectivity index (χ4n) is 4.76. The Kier molecular flexibility index (Phi) is 6.22. The van der Waals surface area contributed by atoms with Gasteiger partial charge in [-0.25, -0.2) is 0 Å². The molecule has 8 heteroatoms. The van der Waals surface area contributed by atoms with Gasteiger partial charge >= 0.3 is 5.97 Å². The lowest BCUT2D eigenvalue weighted by Gasteiger charge is -2.36. The summed E-state index contributed by atoms with van der Waals surface area (Å²) in [6.45, 7) is 2.37. The number of nitrogens with zero attached hydrogens (tertiary/aromatic N) is 4. The van der Waals surface area contributed by atoms with Crippen LogP contribution in [0.4, 0.5) is 0 Å². The maximum atomic E-state index is 12.2. The molecule has 0 bridgehead atoms. The van der Waals surface area contributed by atoms with Gasteiger partial charge < -0.3 is 19.1 Å². The van der Waals surface area contributed by atoms with Gasteiger partial charge in [0.05, 0.1) is 14.2 Å². The molecular weight excluding hydrogens is 384 g/mol. The number of aliphatic carboxylic acids is 1. The first kappa shape index (κ1) is 20.7. The minimum Gasteiger partial charge on any atom is -0.497 e. The largest absolute Gasteiger partial charge is 0.497 e. The van der Waals surface area contributed by atoms with Crippen molar-refractivity contribution in [2.24, 2.45) is 0 Å². The number of piperidine rings is 1. The third kappa shape index (κ3) is 4.01. The van der Waals surface area contributed by atoms with Crippen molar-refractivity contribution in [1.82, 2.24) is 19.7 Å². The number of methoxy groups -OCH3 is 2. The molecule has 0 radical (unpaired) electrons. The van der Waals surface area contributed by atoms with Crippen molar-refractivity contribution in [3.8, 4) is 11.5 Å². The van der Waals surface area contributed by atoms with Crippen LogP contribution in [-0.4, -0.2) is 58.0 Å². The molecule has 3 heterocycles. The number of likely N-dealkylation sites (tertiary alicyclic amines) is 1. The molecule has 0 spiro atoms. The molecule has 162 valence electrons. The van der Waals surface area contributed by atoms with Gasteiger partial charge in [0.15, 0.2) is 0 Å². The van der Waals surface area contributed by atoms with Crippen molar-refractivity contribution in [3.63, 3.8) is 0 Å². The minimum atomic E-state index is -0.878. The molecule has 0 aliphatic carbocycles. The summed E-state index contributed by atoms with van der Waals surface area (Å²) in [7, 11) is 3.14. The van der Waals surface area contributed by atoms with E-state index in [0.29, 0.717) is 36.1 Å². The first-order valence-corrected chi connectivity index (χ1v) is 10.7. The molecule has 0 amide bonds. The number of ether oxygens (including phenoxy) is 2. The van der Waals surface area contributed by atoms with Crippen LogP contribution in [0.5, 0.6) is 11.5 Å². The predicted molar refractivity (Wildman–Crippen MR) is 111 cm³/mol. The second-order valence-electron chi connectivity index (χ2n) is 8.10. The summed E-state index contributed by atoms with van der Waals surface area (Å²) < 4.78 is 13.1. The summed E-state index contributed by atoms with van der Waals surface area (Å²) in [6, 6.07) is 4.54. The van der Waals surface area contributed by atoms with Crippen molar-refractivity contribution in [1.29, 1.82) is 0 Å². The third-order valence-electron chi connectivity index (χ3n) is 6.36. The maximum Gasteiger partial charge on any atom is 0.325 e. The van der Waals surface area contributed by atoms with Crippen molar-refractivity contribution < 1.29 is 19.4 Å². The van der Waals surface area contributed by atoms with Crippen LogP contribution >= 0.6 is 0 Å². The number of fused-ring (bicyclic) bond motifs is 1. The molecule has 2 aliphatic rings. The third-order valence-corrected chi connectivity index (χ3v) is 6.36. The summed E-state index contributed by atoms with van der Waals surface area (Å²) >= 11 is 0. The summed E-state index contributed by atoms with van der Waals surface area (Å²) in [5.41, 5.74) is 0.624. The van der Waals surface area contributed by atoms with E-state index in [9.17, 15) is 9.90 Å². The van der Waals surface area contributed by atoms with E-state index >= 15 is 0 Å². The number of hydrogen-bond donors (Lipinski definition) is 1. The van der Waals surface area contributed by atoms with Gasteiger partial charge in [0.2, 0.25) is 0 Å². The summed E-state index contributed by atoms with van der Waals surface area (Å²) in [6.07, 6.45) is 6.34. The van der Waals surface area contributed by atoms with E-state index in [-0.39, 0.29) is 0 Å². The summed E-state index contributed by atoms with van der Waals surface area (Å²) in [5, 5.41) is 19.0. The minimum absolute atomic E-state index is 0.322. The van der Waals surface area contributed by atoms with E-state index in [4.69, 9.17) is 9.47 Å². The lowest BCUT2D eigenvalue weighted by Crippen LogP contribution is -2.40. The number of carboxylic acids is 1. The Morgan fingerprint density at radius 1 is 1.10 bits per heavy atom. The zero-order valence-electron chi connectivity index (χ0n) is 17.7. The zero-order valence-corrected chi connectivity index (χ0v) is 17.7. The lowest BCUT2D eigenvalue weighted by molar-refractivity contribution is -0.144. The molecular formula is C22H30N4O4. The molecule has 8 nitrogen and oxygen atoms in total. The van der Waals surface area contributed by atoms with Gasteiger partial charge in [0.1, 0.15) is 29.2 Å². The Bertz CT molecular complexity index is 889. The SMILES string of the molecule is COc1ccc(OC)c(C(C(=O)O)N2CCC(c3nnc4n3CCCCC4)CC2)c1. The van der Waals surface area contributed by atoms with Gasteiger partial charge in [-0.05, 0) is 57.0 Å². The quantitative estimate of drug-likeness (QED) is 0.777. The molecule has 2 aliphatic heterocycles. The van der Waals surface area contributed by atoms with Crippen LogP contribution in [0.2, 0.25) is 0 Å². The van der Waals surface area contributed by atoms with Crippen molar-refractivity contribution in [2.75, 3.05) is 27.3 Å². The standard InChI is InChI=1S/C22H30N4O4/c1-29-16-7-8-18(30-2)17(14-16)20(22(27)28)25-12-9-15(10-13-25)21-24-23-19-6-4-3-5-11-26(19)21/h7-8,14-15,20H,3-6,9-13H2,1-2H3,(H,27,28). The lowest BCUT2D eigenvalue weighted by atomic mass is 9.93. The van der Waals surface area contributed by atoms with Crippen molar-refractivity contribution in [3.05, 3.63) is 35.4 Å². The number of aromatic nitrogens is 3. The number of carbonyl (C=O) groups is 1. The van der Waals surface area contributed by atoms with Gasteiger partial charge in [-0.1, -0.05) is 6.42 Å². The van der Waals surface area contributed by atoms with Crippen LogP contribution < -0.4 is 9.47 Å². The second-order valence-corrected chi connectivity index (χ2v) is 8.10. The molecule has 1 aromatic heterocycles. The summed E-state index contributed by atoms with van der Waals surface area (Å²) in [4.78, 5) is 14.3. The monoisotopic (exact) mass is 414 g/mol. The molecule has 4 rings (SSSR count). The van der Waals surface area contributed by atoms with Gasteiger partial charge in [0, 0.05) is 24.4 Å². The number of aryl methyl sites for hydroxylation is 1. The van der Waals surface area contributed by atoms with E-state index in [1.54, 1.807) is 32.4 Å². The van der Waals surface area contributed by atoms with Crippen molar-refractivity contribution >= 4 is 5.97 Å². The molecule has 1 aromatic carbocycles. The Balaban J connectivity index is 1.52. The smallest absolute Gasteiger partial charge is 0.325 e. The van der Waals surface area contributed by atoms with E-state index in [0.717, 1.165) is 37.5 Å². The summed E-state index contributed by atoms with van der Waals surface area (Å²) in [5.74, 6) is 2.82. The molecule has 30 heavy (non-hydrogen) atoms. The van der Waals surface area contributed by atoms with E-state index < -0.39 is 12.0 Å². The van der Waals surface area contributed by atoms with Crippen LogP contribution in [0.15, 0.2) is 18.2 Å². The highest BCUT2D eigenvalue weighted by atomic mass is 16.5. The molecule has 1 unspecified atom stereocenters. The first-order chi connectivity index (χ1) is 14.6. The van der Waals surface area contributed by atoms with Gasteiger partial charge in [-0.2, -0.15) is 0 Å². The number of benzene rings is 1. The predicted octanol–water partition coefficient (Wildman–Crippen LogP) is 3.03. The fourth-order valence-corrected chi connectivity index (χ4v) is 4.76. The molecule has 1 fully saturated rings. The van der Waals surface area contributed by atoms with Crippen LogP contribution in [-0.2, 0) is 17.8 Å². The Labute approximate surface area is 176 Å². The molecule has 1 saturated heterocycles. The Morgan fingerprint density at radius 2 is 1.90 bits per heavy atom. The highest BCUT2D eigenvalue weighted by Crippen LogP contribution is 2.37. The maximum absolute atomic E-state index is 12.2. The van der Waals surface area contributed by atoms with E-state index in [1.165, 1.54) is 19.3 Å². The van der Waals surface area contributed by atoms with Crippen molar-refractivity contribution in [2.45, 2.75) is 57.0 Å². The van der Waals surface area contributed by atoms with Gasteiger partial charge in [0.25, 0.3) is 0 Å². The van der Waals surface area contributed by atoms with Crippen LogP contribution in [0.1, 0.15) is 61.3 Å². The number of rotatable bonds is 6. The normalized spacial score (nSPS) is 19.0. The topological polar surface area (TPSA) is 89.7 Å². The van der Waals surface area contributed by atoms with E-state index in [2.05, 4.69) is 14.8 Å². The molecule has 0 saturated carbocycles. The average molecular weight is 415 g/mol. The second kappa shape index (κ2) is 9.04. The van der Waals surface area contributed by atoms with Crippen LogP contribution in [0.3, 0.4) is 0 Å². The zero-order chi connectivity index (χ0) is 21.1. The highest BCUT2D eigenvalue weighted by Gasteiger charge is 2.35. The Hall–Kier alpha value is -2.61. The van der Waals surface area contributed by atoms with Gasteiger partial charge in [-0.15, -0.1) is 10.2 Å². The fraction of sp³-hybridized carbons (Fsp3) is 0.591.